The first-order valence-electron chi connectivity index (χ1n) is 7.41. The van der Waals surface area contributed by atoms with Crippen molar-refractivity contribution in [2.24, 2.45) is 5.92 Å². The highest BCUT2D eigenvalue weighted by Crippen LogP contribution is 2.23. The fourth-order valence-corrected chi connectivity index (χ4v) is 3.35. The lowest BCUT2D eigenvalue weighted by atomic mass is 9.89. The van der Waals surface area contributed by atoms with Crippen molar-refractivity contribution in [3.8, 4) is 0 Å². The number of nitrogens with one attached hydrogen (secondary N) is 1. The summed E-state index contributed by atoms with van der Waals surface area (Å²) in [6.45, 7) is 5.40. The second-order valence-corrected chi connectivity index (χ2v) is 6.59. The van der Waals surface area contributed by atoms with Crippen molar-refractivity contribution in [2.75, 3.05) is 6.54 Å². The van der Waals surface area contributed by atoms with Gasteiger partial charge in [-0.1, -0.05) is 31.0 Å². The van der Waals surface area contributed by atoms with E-state index in [1.165, 1.54) is 43.9 Å². The second-order valence-electron chi connectivity index (χ2n) is 5.29. The fourth-order valence-electron chi connectivity index (χ4n) is 2.47. The van der Waals surface area contributed by atoms with E-state index in [1.54, 1.807) is 4.68 Å². The monoisotopic (exact) mass is 297 g/mol. The van der Waals surface area contributed by atoms with Crippen LogP contribution in [0.15, 0.2) is 5.16 Å². The molecule has 1 fully saturated rings. The van der Waals surface area contributed by atoms with Crippen LogP contribution in [-0.4, -0.2) is 37.9 Å². The van der Waals surface area contributed by atoms with E-state index in [4.69, 9.17) is 0 Å². The van der Waals surface area contributed by atoms with Crippen LogP contribution < -0.4 is 5.32 Å². The molecule has 1 amide bonds. The topological polar surface area (TPSA) is 72.7 Å². The van der Waals surface area contributed by atoms with Gasteiger partial charge in [-0.3, -0.25) is 4.79 Å². The van der Waals surface area contributed by atoms with Gasteiger partial charge in [-0.05, 0) is 43.0 Å². The summed E-state index contributed by atoms with van der Waals surface area (Å²) in [7, 11) is 0. The minimum absolute atomic E-state index is 0.0752. The van der Waals surface area contributed by atoms with Crippen molar-refractivity contribution in [3.63, 3.8) is 0 Å². The molecule has 1 aliphatic rings. The highest BCUT2D eigenvalue weighted by Gasteiger charge is 2.20. The normalized spacial score (nSPS) is 17.9. The van der Waals surface area contributed by atoms with E-state index >= 15 is 0 Å². The van der Waals surface area contributed by atoms with Crippen LogP contribution >= 0.6 is 11.8 Å². The number of carbonyl (C=O) groups excluding carboxylic acids is 1. The molecule has 0 bridgehead atoms. The second kappa shape index (κ2) is 7.61. The zero-order valence-corrected chi connectivity index (χ0v) is 13.0. The Balaban J connectivity index is 1.76. The van der Waals surface area contributed by atoms with Crippen LogP contribution in [0.2, 0.25) is 0 Å². The van der Waals surface area contributed by atoms with Gasteiger partial charge in [0.15, 0.2) is 0 Å². The van der Waals surface area contributed by atoms with Crippen molar-refractivity contribution in [1.29, 1.82) is 0 Å². The molecule has 1 aromatic rings. The Labute approximate surface area is 124 Å². The first-order valence-corrected chi connectivity index (χ1v) is 8.29. The molecule has 1 aromatic heterocycles. The van der Waals surface area contributed by atoms with Crippen LogP contribution in [0.4, 0.5) is 0 Å². The van der Waals surface area contributed by atoms with E-state index in [1.807, 2.05) is 13.8 Å². The largest absolute Gasteiger partial charge is 0.355 e. The van der Waals surface area contributed by atoms with Gasteiger partial charge < -0.3 is 5.32 Å². The van der Waals surface area contributed by atoms with Crippen molar-refractivity contribution in [2.45, 2.75) is 62.9 Å². The molecule has 1 aliphatic carbocycles. The first-order chi connectivity index (χ1) is 9.70. The maximum atomic E-state index is 12.1. The van der Waals surface area contributed by atoms with Crippen LogP contribution in [0, 0.1) is 5.92 Å². The lowest BCUT2D eigenvalue weighted by Gasteiger charge is -2.22. The number of carbonyl (C=O) groups is 1. The smallest absolute Gasteiger partial charge is 0.233 e. The van der Waals surface area contributed by atoms with Crippen molar-refractivity contribution in [1.82, 2.24) is 25.5 Å². The fraction of sp³-hybridized carbons (Fsp3) is 0.846. The molecular weight excluding hydrogens is 274 g/mol. The number of thioether (sulfide) groups is 1. The van der Waals surface area contributed by atoms with Gasteiger partial charge in [0.1, 0.15) is 0 Å². The lowest BCUT2D eigenvalue weighted by Crippen LogP contribution is -2.35. The molecule has 0 radical (unpaired) electrons. The number of aryl methyl sites for hydroxylation is 1. The molecule has 6 nitrogen and oxygen atoms in total. The molecule has 0 aliphatic heterocycles. The molecule has 1 unspecified atom stereocenters. The van der Waals surface area contributed by atoms with Gasteiger partial charge >= 0.3 is 0 Å². The summed E-state index contributed by atoms with van der Waals surface area (Å²) in [4.78, 5) is 12.1. The van der Waals surface area contributed by atoms with Crippen molar-refractivity contribution >= 4 is 17.7 Å². The summed E-state index contributed by atoms with van der Waals surface area (Å²) in [6.07, 6.45) is 6.44. The summed E-state index contributed by atoms with van der Waals surface area (Å²) in [6, 6.07) is 0. The lowest BCUT2D eigenvalue weighted by molar-refractivity contribution is -0.120. The third-order valence-electron chi connectivity index (χ3n) is 3.74. The number of nitrogens with zero attached hydrogens (tertiary/aromatic N) is 4. The average molecular weight is 297 g/mol. The SMILES string of the molecule is CCn1nnnc1SC(C)C(=O)NCC1CCCCC1. The van der Waals surface area contributed by atoms with Gasteiger partial charge in [-0.2, -0.15) is 0 Å². The zero-order valence-electron chi connectivity index (χ0n) is 12.2. The Morgan fingerprint density at radius 1 is 1.45 bits per heavy atom. The van der Waals surface area contributed by atoms with Gasteiger partial charge in [0.2, 0.25) is 11.1 Å². The number of tetrazole rings is 1. The number of hydrogen-bond donors (Lipinski definition) is 1. The van der Waals surface area contributed by atoms with Crippen LogP contribution in [-0.2, 0) is 11.3 Å². The summed E-state index contributed by atoms with van der Waals surface area (Å²) < 4.78 is 1.70. The van der Waals surface area contributed by atoms with Gasteiger partial charge in [0.05, 0.1) is 5.25 Å². The van der Waals surface area contributed by atoms with E-state index in [9.17, 15) is 4.79 Å². The van der Waals surface area contributed by atoms with E-state index in [2.05, 4.69) is 20.8 Å². The van der Waals surface area contributed by atoms with Crippen LogP contribution in [0.5, 0.6) is 0 Å². The third kappa shape index (κ3) is 4.19. The maximum Gasteiger partial charge on any atom is 0.233 e. The molecule has 1 atom stereocenters. The highest BCUT2D eigenvalue weighted by molar-refractivity contribution is 8.00. The molecule has 1 saturated carbocycles. The molecule has 7 heteroatoms. The Morgan fingerprint density at radius 2 is 2.20 bits per heavy atom. The highest BCUT2D eigenvalue weighted by atomic mass is 32.2. The van der Waals surface area contributed by atoms with E-state index < -0.39 is 0 Å². The zero-order chi connectivity index (χ0) is 14.4. The molecule has 0 spiro atoms. The summed E-state index contributed by atoms with van der Waals surface area (Å²) in [5.41, 5.74) is 0. The number of rotatable bonds is 6. The molecule has 20 heavy (non-hydrogen) atoms. The molecule has 112 valence electrons. The minimum atomic E-state index is -0.171. The van der Waals surface area contributed by atoms with Gasteiger partial charge in [-0.25, -0.2) is 4.68 Å². The van der Waals surface area contributed by atoms with E-state index in [-0.39, 0.29) is 11.2 Å². The van der Waals surface area contributed by atoms with E-state index in [0.717, 1.165) is 6.54 Å². The number of amides is 1. The number of aromatic nitrogens is 4. The van der Waals surface area contributed by atoms with Gasteiger partial charge in [0.25, 0.3) is 0 Å². The van der Waals surface area contributed by atoms with Crippen LogP contribution in [0.3, 0.4) is 0 Å². The molecule has 2 rings (SSSR count). The first kappa shape index (κ1) is 15.3. The van der Waals surface area contributed by atoms with Crippen LogP contribution in [0.25, 0.3) is 0 Å². The summed E-state index contributed by atoms with van der Waals surface area (Å²) >= 11 is 1.41. The Morgan fingerprint density at radius 3 is 2.90 bits per heavy atom. The van der Waals surface area contributed by atoms with E-state index in [0.29, 0.717) is 17.6 Å². The Kier molecular flexibility index (Phi) is 5.82. The predicted molar refractivity (Wildman–Crippen MR) is 78.4 cm³/mol. The van der Waals surface area contributed by atoms with Gasteiger partial charge in [-0.15, -0.1) is 5.10 Å². The summed E-state index contributed by atoms with van der Waals surface area (Å²) in [5, 5.41) is 15.0. The van der Waals surface area contributed by atoms with Crippen LogP contribution in [0.1, 0.15) is 46.0 Å². The molecule has 1 heterocycles. The molecular formula is C13H23N5OS. The Bertz CT molecular complexity index is 430. The molecule has 0 aromatic carbocycles. The third-order valence-corrected chi connectivity index (χ3v) is 4.81. The predicted octanol–water partition coefficient (Wildman–Crippen LogP) is 1.87. The molecule has 1 N–H and O–H groups in total. The van der Waals surface area contributed by atoms with Crippen molar-refractivity contribution in [3.05, 3.63) is 0 Å². The Hall–Kier alpha value is -1.11. The standard InChI is InChI=1S/C13H23N5OS/c1-3-18-13(15-16-17-18)20-10(2)12(19)14-9-11-7-5-4-6-8-11/h10-11H,3-9H2,1-2H3,(H,14,19). The van der Waals surface area contributed by atoms with Crippen molar-refractivity contribution < 1.29 is 4.79 Å². The van der Waals surface area contributed by atoms with Gasteiger partial charge in [0, 0.05) is 13.1 Å². The quantitative estimate of drug-likeness (QED) is 0.812. The average Bonchev–Trinajstić information content (AvgIpc) is 2.93. The minimum Gasteiger partial charge on any atom is -0.355 e. The summed E-state index contributed by atoms with van der Waals surface area (Å²) in [5.74, 6) is 0.733. The number of hydrogen-bond acceptors (Lipinski definition) is 5. The maximum absolute atomic E-state index is 12.1. The molecule has 0 saturated heterocycles.